The van der Waals surface area contributed by atoms with Gasteiger partial charge in [0.1, 0.15) is 0 Å². The zero-order valence-corrected chi connectivity index (χ0v) is 15.9. The highest BCUT2D eigenvalue weighted by atomic mass is 32.2. The molecule has 1 amide bonds. The minimum absolute atomic E-state index is 0.0937. The van der Waals surface area contributed by atoms with Crippen LogP contribution >= 0.6 is 0 Å². The lowest BCUT2D eigenvalue weighted by molar-refractivity contribution is 0.0939. The predicted molar refractivity (Wildman–Crippen MR) is 99.2 cm³/mol. The van der Waals surface area contributed by atoms with Crippen molar-refractivity contribution in [1.29, 1.82) is 5.26 Å². The highest BCUT2D eigenvalue weighted by molar-refractivity contribution is 7.89. The molecule has 0 aliphatic heterocycles. The lowest BCUT2D eigenvalue weighted by atomic mass is 10.0. The van der Waals surface area contributed by atoms with Crippen molar-refractivity contribution >= 4 is 15.9 Å². The van der Waals surface area contributed by atoms with Gasteiger partial charge in [-0.25, -0.2) is 13.1 Å². The van der Waals surface area contributed by atoms with E-state index in [0.29, 0.717) is 11.1 Å². The van der Waals surface area contributed by atoms with Crippen LogP contribution in [0.15, 0.2) is 41.3 Å². The number of hydrogen-bond acceptors (Lipinski definition) is 4. The fraction of sp³-hybridized carbons (Fsp3) is 0.263. The van der Waals surface area contributed by atoms with E-state index in [0.717, 1.165) is 11.1 Å². The van der Waals surface area contributed by atoms with E-state index in [2.05, 4.69) is 10.0 Å². The molecule has 26 heavy (non-hydrogen) atoms. The number of benzene rings is 2. The summed E-state index contributed by atoms with van der Waals surface area (Å²) >= 11 is 0. The standard InChI is InChI=1S/C19H21N3O3S/c1-12-9-17(10-18(13(12)2)26(24,25)21-4)19(23)22-14(3)16-7-5-15(11-20)6-8-16/h5-10,14,21H,1-4H3,(H,22,23). The second kappa shape index (κ2) is 7.68. The number of aryl methyl sites for hydroxylation is 1. The highest BCUT2D eigenvalue weighted by Gasteiger charge is 2.20. The predicted octanol–water partition coefficient (Wildman–Crippen LogP) is 2.57. The van der Waals surface area contributed by atoms with Crippen LogP contribution in [0.5, 0.6) is 0 Å². The van der Waals surface area contributed by atoms with Gasteiger partial charge < -0.3 is 5.32 Å². The van der Waals surface area contributed by atoms with Crippen molar-refractivity contribution in [2.75, 3.05) is 7.05 Å². The second-order valence-corrected chi connectivity index (χ2v) is 7.91. The number of carbonyl (C=O) groups excluding carboxylic acids is 1. The van der Waals surface area contributed by atoms with Crippen LogP contribution in [0.4, 0.5) is 0 Å². The molecule has 136 valence electrons. The van der Waals surface area contributed by atoms with E-state index in [1.54, 1.807) is 44.2 Å². The van der Waals surface area contributed by atoms with Crippen LogP contribution in [0.3, 0.4) is 0 Å². The first-order valence-electron chi connectivity index (χ1n) is 8.05. The van der Waals surface area contributed by atoms with E-state index in [1.165, 1.54) is 13.1 Å². The summed E-state index contributed by atoms with van der Waals surface area (Å²) in [5, 5.41) is 11.7. The van der Waals surface area contributed by atoms with Gasteiger partial charge in [0.15, 0.2) is 0 Å². The van der Waals surface area contributed by atoms with E-state index in [1.807, 2.05) is 13.0 Å². The Kier molecular flexibility index (Phi) is 5.80. The zero-order chi connectivity index (χ0) is 19.5. The van der Waals surface area contributed by atoms with Gasteiger partial charge in [-0.05, 0) is 68.8 Å². The first-order chi connectivity index (χ1) is 12.2. The summed E-state index contributed by atoms with van der Waals surface area (Å²) < 4.78 is 26.7. The Labute approximate surface area is 153 Å². The molecular formula is C19H21N3O3S. The number of nitriles is 1. The van der Waals surface area contributed by atoms with E-state index >= 15 is 0 Å². The maximum absolute atomic E-state index is 12.6. The van der Waals surface area contributed by atoms with E-state index < -0.39 is 10.0 Å². The molecule has 6 nitrogen and oxygen atoms in total. The Morgan fingerprint density at radius 3 is 2.31 bits per heavy atom. The van der Waals surface area contributed by atoms with Gasteiger partial charge in [-0.15, -0.1) is 0 Å². The number of amides is 1. The molecule has 0 radical (unpaired) electrons. The molecule has 2 aromatic carbocycles. The largest absolute Gasteiger partial charge is 0.346 e. The molecule has 7 heteroatoms. The SMILES string of the molecule is CNS(=O)(=O)c1cc(C(=O)NC(C)c2ccc(C#N)cc2)cc(C)c1C. The van der Waals surface area contributed by atoms with Crippen molar-refractivity contribution in [3.05, 3.63) is 64.2 Å². The number of rotatable bonds is 5. The highest BCUT2D eigenvalue weighted by Crippen LogP contribution is 2.22. The van der Waals surface area contributed by atoms with Crippen molar-refractivity contribution in [1.82, 2.24) is 10.0 Å². The van der Waals surface area contributed by atoms with Gasteiger partial charge in [-0.1, -0.05) is 12.1 Å². The zero-order valence-electron chi connectivity index (χ0n) is 15.1. The van der Waals surface area contributed by atoms with Gasteiger partial charge in [-0.3, -0.25) is 4.79 Å². The van der Waals surface area contributed by atoms with Crippen LogP contribution in [0.2, 0.25) is 0 Å². The van der Waals surface area contributed by atoms with E-state index in [4.69, 9.17) is 5.26 Å². The lowest BCUT2D eigenvalue weighted by Gasteiger charge is -2.16. The fourth-order valence-electron chi connectivity index (χ4n) is 2.56. The van der Waals surface area contributed by atoms with Crippen LogP contribution in [0, 0.1) is 25.2 Å². The number of hydrogen-bond donors (Lipinski definition) is 2. The summed E-state index contributed by atoms with van der Waals surface area (Å²) in [6.07, 6.45) is 0. The molecule has 0 fully saturated rings. The third kappa shape index (κ3) is 4.10. The summed E-state index contributed by atoms with van der Waals surface area (Å²) in [6, 6.07) is 11.7. The molecule has 2 rings (SSSR count). The summed E-state index contributed by atoms with van der Waals surface area (Å²) in [5.41, 5.74) is 3.00. The first-order valence-corrected chi connectivity index (χ1v) is 9.53. The molecular weight excluding hydrogens is 350 g/mol. The lowest BCUT2D eigenvalue weighted by Crippen LogP contribution is -2.27. The van der Waals surface area contributed by atoms with Gasteiger partial charge >= 0.3 is 0 Å². The Morgan fingerprint density at radius 1 is 1.15 bits per heavy atom. The Bertz CT molecular complexity index is 974. The molecule has 0 saturated heterocycles. The molecule has 0 heterocycles. The molecule has 1 unspecified atom stereocenters. The minimum Gasteiger partial charge on any atom is -0.346 e. The van der Waals surface area contributed by atoms with Crippen molar-refractivity contribution in [2.24, 2.45) is 0 Å². The van der Waals surface area contributed by atoms with Gasteiger partial charge in [-0.2, -0.15) is 5.26 Å². The quantitative estimate of drug-likeness (QED) is 0.844. The molecule has 1 atom stereocenters. The smallest absolute Gasteiger partial charge is 0.251 e. The maximum Gasteiger partial charge on any atom is 0.251 e. The van der Waals surface area contributed by atoms with Crippen molar-refractivity contribution < 1.29 is 13.2 Å². The number of nitrogens with one attached hydrogen (secondary N) is 2. The molecule has 0 spiro atoms. The molecule has 0 saturated carbocycles. The summed E-state index contributed by atoms with van der Waals surface area (Å²) in [5.74, 6) is -0.363. The first kappa shape index (κ1) is 19.6. The molecule has 0 bridgehead atoms. The normalized spacial score (nSPS) is 12.3. The van der Waals surface area contributed by atoms with Crippen LogP contribution in [-0.4, -0.2) is 21.4 Å². The molecule has 2 N–H and O–H groups in total. The van der Waals surface area contributed by atoms with Crippen molar-refractivity contribution in [2.45, 2.75) is 31.7 Å². The molecule has 0 aliphatic rings. The van der Waals surface area contributed by atoms with Gasteiger partial charge in [0.2, 0.25) is 10.0 Å². The molecule has 2 aromatic rings. The Balaban J connectivity index is 2.30. The Hall–Kier alpha value is -2.69. The minimum atomic E-state index is -3.66. The Morgan fingerprint density at radius 2 is 1.77 bits per heavy atom. The van der Waals surface area contributed by atoms with Crippen LogP contribution < -0.4 is 10.0 Å². The van der Waals surface area contributed by atoms with Gasteiger partial charge in [0.25, 0.3) is 5.91 Å². The maximum atomic E-state index is 12.6. The van der Waals surface area contributed by atoms with Crippen LogP contribution in [-0.2, 0) is 10.0 Å². The second-order valence-electron chi connectivity index (χ2n) is 6.05. The third-order valence-electron chi connectivity index (χ3n) is 4.33. The van der Waals surface area contributed by atoms with E-state index in [-0.39, 0.29) is 22.4 Å². The summed E-state index contributed by atoms with van der Waals surface area (Å²) in [6.45, 7) is 5.30. The fourth-order valence-corrected chi connectivity index (χ4v) is 3.62. The van der Waals surface area contributed by atoms with Crippen LogP contribution in [0.25, 0.3) is 0 Å². The summed E-state index contributed by atoms with van der Waals surface area (Å²) in [7, 11) is -2.32. The van der Waals surface area contributed by atoms with Gasteiger partial charge in [0, 0.05) is 5.56 Å². The number of carbonyl (C=O) groups is 1. The third-order valence-corrected chi connectivity index (χ3v) is 5.87. The van der Waals surface area contributed by atoms with E-state index in [9.17, 15) is 13.2 Å². The van der Waals surface area contributed by atoms with Crippen LogP contribution in [0.1, 0.15) is 45.6 Å². The topological polar surface area (TPSA) is 99.1 Å². The number of sulfonamides is 1. The average Bonchev–Trinajstić information content (AvgIpc) is 2.63. The summed E-state index contributed by atoms with van der Waals surface area (Å²) in [4.78, 5) is 12.7. The van der Waals surface area contributed by atoms with Crippen molar-refractivity contribution in [3.63, 3.8) is 0 Å². The number of nitrogens with zero attached hydrogens (tertiary/aromatic N) is 1. The molecule has 0 aromatic heterocycles. The average molecular weight is 371 g/mol. The van der Waals surface area contributed by atoms with Gasteiger partial charge in [0.05, 0.1) is 22.6 Å². The van der Waals surface area contributed by atoms with Crippen molar-refractivity contribution in [3.8, 4) is 6.07 Å². The molecule has 0 aliphatic carbocycles. The monoisotopic (exact) mass is 371 g/mol.